The molecule has 0 bridgehead atoms. The molecule has 0 saturated heterocycles. The van der Waals surface area contributed by atoms with E-state index in [-0.39, 0.29) is 48.1 Å². The van der Waals surface area contributed by atoms with Crippen molar-refractivity contribution >= 4 is 26.8 Å². The highest BCUT2D eigenvalue weighted by molar-refractivity contribution is 7.89. The number of imidazole rings is 1. The summed E-state index contributed by atoms with van der Waals surface area (Å²) in [5.41, 5.74) is 6.53. The summed E-state index contributed by atoms with van der Waals surface area (Å²) >= 11 is 0. The number of aromatic nitrogens is 6. The number of ether oxygens (including phenoxy) is 1. The Bertz CT molecular complexity index is 2030. The second-order valence-corrected chi connectivity index (χ2v) is 14.1. The summed E-state index contributed by atoms with van der Waals surface area (Å²) in [7, 11) is -1.95. The zero-order chi connectivity index (χ0) is 33.3. The van der Waals surface area contributed by atoms with Crippen LogP contribution in [-0.2, 0) is 41.4 Å². The van der Waals surface area contributed by atoms with Gasteiger partial charge >= 0.3 is 0 Å². The van der Waals surface area contributed by atoms with E-state index in [1.807, 2.05) is 62.3 Å². The molecule has 0 unspecified atom stereocenters. The van der Waals surface area contributed by atoms with E-state index in [2.05, 4.69) is 38.5 Å². The van der Waals surface area contributed by atoms with E-state index in [0.29, 0.717) is 25.8 Å². The van der Waals surface area contributed by atoms with Crippen molar-refractivity contribution in [2.24, 2.45) is 7.05 Å². The predicted octanol–water partition coefficient (Wildman–Crippen LogP) is 5.28. The number of fused-ring (bicyclic) bond motifs is 2. The number of carbonyl (C=O) groups excluding carboxylic acids is 1. The molecule has 3 aromatic heterocycles. The molecule has 2 atom stereocenters. The second-order valence-electron chi connectivity index (χ2n) is 12.2. The van der Waals surface area contributed by atoms with E-state index < -0.39 is 10.0 Å². The van der Waals surface area contributed by atoms with Gasteiger partial charge in [-0.3, -0.25) is 4.79 Å². The number of benzene rings is 2. The Balaban J connectivity index is 1.37. The molecule has 0 spiro atoms. The number of carbonyl (C=O) groups is 1. The number of ketones is 1. The molecule has 246 valence electrons. The Kier molecular flexibility index (Phi) is 9.25. The topological polar surface area (TPSA) is 125 Å². The Morgan fingerprint density at radius 2 is 1.91 bits per heavy atom. The maximum Gasteiger partial charge on any atom is 0.248 e. The number of pyridine rings is 1. The first-order chi connectivity index (χ1) is 22.6. The van der Waals surface area contributed by atoms with Crippen LogP contribution in [0.15, 0.2) is 66.0 Å². The van der Waals surface area contributed by atoms with Crippen molar-refractivity contribution < 1.29 is 17.9 Å². The summed E-state index contributed by atoms with van der Waals surface area (Å²) in [4.78, 5) is 22.3. The average molecular weight is 656 g/mol. The van der Waals surface area contributed by atoms with Crippen LogP contribution in [0, 0.1) is 13.8 Å². The molecule has 11 nitrogen and oxygen atoms in total. The van der Waals surface area contributed by atoms with E-state index in [1.54, 1.807) is 24.5 Å². The largest absolute Gasteiger partial charge is 0.472 e. The van der Waals surface area contributed by atoms with Crippen molar-refractivity contribution in [2.75, 3.05) is 6.54 Å². The van der Waals surface area contributed by atoms with Gasteiger partial charge in [0.15, 0.2) is 0 Å². The molecular formula is C35H41N7O4S. The van der Waals surface area contributed by atoms with Gasteiger partial charge in [-0.2, -0.15) is 4.31 Å². The first-order valence-corrected chi connectivity index (χ1v) is 17.6. The SMILES string of the molecule is CC[C@@H]1CN(Cc2cc([C@H](CC(=O)CCc3nccn3C)c3ccc4c(nnn4CC)c3C)ccc2C)S(=O)(=O)c2cccnc2O1. The van der Waals surface area contributed by atoms with Gasteiger partial charge in [-0.15, -0.1) is 5.10 Å². The van der Waals surface area contributed by atoms with Crippen LogP contribution in [0.25, 0.3) is 11.0 Å². The summed E-state index contributed by atoms with van der Waals surface area (Å²) in [5, 5.41) is 8.81. The first kappa shape index (κ1) is 32.5. The lowest BCUT2D eigenvalue weighted by Gasteiger charge is -2.25. The van der Waals surface area contributed by atoms with Gasteiger partial charge in [0.1, 0.15) is 28.1 Å². The Morgan fingerprint density at radius 3 is 2.66 bits per heavy atom. The number of sulfonamides is 1. The van der Waals surface area contributed by atoms with Crippen LogP contribution in [0.4, 0.5) is 0 Å². The van der Waals surface area contributed by atoms with Gasteiger partial charge in [0, 0.05) is 63.9 Å². The lowest BCUT2D eigenvalue weighted by Crippen LogP contribution is -2.36. The number of aryl methyl sites for hydroxylation is 5. The fraction of sp³-hybridized carbons (Fsp3) is 0.400. The van der Waals surface area contributed by atoms with Crippen LogP contribution in [0.1, 0.15) is 72.7 Å². The Morgan fingerprint density at radius 1 is 1.09 bits per heavy atom. The molecule has 4 heterocycles. The lowest BCUT2D eigenvalue weighted by molar-refractivity contribution is -0.119. The van der Waals surface area contributed by atoms with Gasteiger partial charge in [-0.1, -0.05) is 36.4 Å². The smallest absolute Gasteiger partial charge is 0.248 e. The van der Waals surface area contributed by atoms with Crippen molar-refractivity contribution in [3.8, 4) is 5.88 Å². The van der Waals surface area contributed by atoms with Gasteiger partial charge in [0.05, 0.1) is 12.1 Å². The third-order valence-electron chi connectivity index (χ3n) is 9.25. The van der Waals surface area contributed by atoms with Crippen molar-refractivity contribution in [1.82, 2.24) is 33.8 Å². The molecule has 0 saturated carbocycles. The zero-order valence-electron chi connectivity index (χ0n) is 27.5. The third-order valence-corrected chi connectivity index (χ3v) is 11.1. The van der Waals surface area contributed by atoms with Crippen molar-refractivity contribution in [2.45, 2.75) is 83.4 Å². The fourth-order valence-electron chi connectivity index (χ4n) is 6.37. The van der Waals surface area contributed by atoms with E-state index in [0.717, 1.165) is 44.7 Å². The second kappa shape index (κ2) is 13.4. The maximum atomic E-state index is 13.9. The van der Waals surface area contributed by atoms with Crippen LogP contribution in [0.3, 0.4) is 0 Å². The van der Waals surface area contributed by atoms with Crippen LogP contribution in [0.2, 0.25) is 0 Å². The molecule has 47 heavy (non-hydrogen) atoms. The molecule has 0 fully saturated rings. The molecule has 6 rings (SSSR count). The summed E-state index contributed by atoms with van der Waals surface area (Å²) in [6.45, 7) is 9.10. The van der Waals surface area contributed by atoms with Gasteiger partial charge < -0.3 is 9.30 Å². The minimum Gasteiger partial charge on any atom is -0.472 e. The molecule has 2 aromatic carbocycles. The molecule has 1 aliphatic heterocycles. The summed E-state index contributed by atoms with van der Waals surface area (Å²) in [6, 6.07) is 13.4. The molecule has 0 aliphatic carbocycles. The highest BCUT2D eigenvalue weighted by atomic mass is 32.2. The number of hydrogen-bond donors (Lipinski definition) is 0. The number of nitrogens with zero attached hydrogens (tertiary/aromatic N) is 7. The van der Waals surface area contributed by atoms with Crippen LogP contribution in [0.5, 0.6) is 5.88 Å². The van der Waals surface area contributed by atoms with Crippen molar-refractivity contribution in [3.63, 3.8) is 0 Å². The summed E-state index contributed by atoms with van der Waals surface area (Å²) in [6.07, 6.45) is 6.68. The fourth-order valence-corrected chi connectivity index (χ4v) is 7.89. The van der Waals surface area contributed by atoms with Gasteiger partial charge in [0.25, 0.3) is 0 Å². The summed E-state index contributed by atoms with van der Waals surface area (Å²) < 4.78 is 39.2. The minimum absolute atomic E-state index is 0.0741. The lowest BCUT2D eigenvalue weighted by atomic mass is 9.82. The summed E-state index contributed by atoms with van der Waals surface area (Å²) in [5.74, 6) is 0.865. The molecule has 0 radical (unpaired) electrons. The van der Waals surface area contributed by atoms with E-state index in [9.17, 15) is 13.2 Å². The van der Waals surface area contributed by atoms with Crippen LogP contribution >= 0.6 is 0 Å². The van der Waals surface area contributed by atoms with Crippen molar-refractivity contribution in [3.05, 3.63) is 94.7 Å². The third kappa shape index (κ3) is 6.44. The number of Topliss-reactive ketones (excluding diaryl/α,β-unsaturated/α-hetero) is 1. The van der Waals surface area contributed by atoms with E-state index in [4.69, 9.17) is 4.74 Å². The molecule has 0 N–H and O–H groups in total. The molecular weight excluding hydrogens is 614 g/mol. The normalized spacial score (nSPS) is 16.8. The molecule has 1 aliphatic rings. The predicted molar refractivity (Wildman–Crippen MR) is 179 cm³/mol. The van der Waals surface area contributed by atoms with Gasteiger partial charge in [-0.25, -0.2) is 23.1 Å². The molecule has 0 amide bonds. The quantitative estimate of drug-likeness (QED) is 0.188. The van der Waals surface area contributed by atoms with Gasteiger partial charge in [-0.05, 0) is 73.2 Å². The van der Waals surface area contributed by atoms with Crippen LogP contribution in [-0.4, -0.2) is 60.7 Å². The zero-order valence-corrected chi connectivity index (χ0v) is 28.4. The average Bonchev–Trinajstić information content (AvgIpc) is 3.66. The van der Waals surface area contributed by atoms with E-state index >= 15 is 0 Å². The van der Waals surface area contributed by atoms with Crippen molar-refractivity contribution in [1.29, 1.82) is 0 Å². The highest BCUT2D eigenvalue weighted by Crippen LogP contribution is 2.36. The van der Waals surface area contributed by atoms with E-state index in [1.165, 1.54) is 4.31 Å². The monoisotopic (exact) mass is 655 g/mol. The minimum atomic E-state index is -3.88. The maximum absolute atomic E-state index is 13.9. The highest BCUT2D eigenvalue weighted by Gasteiger charge is 2.35. The Labute approximate surface area is 275 Å². The van der Waals surface area contributed by atoms with Gasteiger partial charge in [0.2, 0.25) is 15.9 Å². The molecule has 5 aromatic rings. The number of hydrogen-bond acceptors (Lipinski definition) is 8. The van der Waals surface area contributed by atoms with Crippen LogP contribution < -0.4 is 4.74 Å². The standard InChI is InChI=1S/C35H41N7O4S/c1-6-28-22-41(47(44,45)32-9-8-16-37-35(32)46-28)21-26-19-25(11-10-23(26)3)30(20-27(43)12-15-33-36-17-18-40(33)5)29-13-14-31-34(24(29)4)38-39-42(31)7-2/h8-11,13-14,16-19,28,30H,6-7,12,15,20-22H2,1-5H3/t28-,30+/m1/s1. The number of rotatable bonds is 11. The first-order valence-electron chi connectivity index (χ1n) is 16.1. The molecule has 12 heteroatoms. The Hall–Kier alpha value is -4.42.